The third-order valence-corrected chi connectivity index (χ3v) is 5.63. The maximum atomic E-state index is 13.1. The Morgan fingerprint density at radius 1 is 1.14 bits per heavy atom. The molecule has 6 heteroatoms. The highest BCUT2D eigenvalue weighted by atomic mass is 35.5. The van der Waals surface area contributed by atoms with Gasteiger partial charge in [-0.25, -0.2) is 0 Å². The zero-order valence-corrected chi connectivity index (χ0v) is 16.5. The molecule has 4 nitrogen and oxygen atoms in total. The van der Waals surface area contributed by atoms with E-state index in [1.165, 1.54) is 11.3 Å². The molecule has 0 amide bonds. The first-order chi connectivity index (χ1) is 13.5. The smallest absolute Gasteiger partial charge is 0.235 e. The molecule has 4 aromatic rings. The average Bonchev–Trinajstić information content (AvgIpc) is 3.24. The van der Waals surface area contributed by atoms with Crippen molar-refractivity contribution in [1.82, 2.24) is 0 Å². The second kappa shape index (κ2) is 7.62. The molecule has 0 radical (unpaired) electrons. The molecule has 0 aliphatic heterocycles. The van der Waals surface area contributed by atoms with Crippen LogP contribution >= 0.6 is 22.9 Å². The Labute approximate surface area is 170 Å². The third kappa shape index (κ3) is 3.46. The highest BCUT2D eigenvalue weighted by Gasteiger charge is 2.20. The van der Waals surface area contributed by atoms with E-state index >= 15 is 0 Å². The van der Waals surface area contributed by atoms with Gasteiger partial charge in [0, 0.05) is 10.6 Å². The number of rotatable bonds is 5. The minimum Gasteiger partial charge on any atom is -0.478 e. The highest BCUT2D eigenvalue weighted by Crippen LogP contribution is 2.32. The lowest BCUT2D eigenvalue weighted by atomic mass is 10.1. The third-order valence-electron chi connectivity index (χ3n) is 4.31. The van der Waals surface area contributed by atoms with Gasteiger partial charge in [0.15, 0.2) is 12.4 Å². The van der Waals surface area contributed by atoms with E-state index in [0.29, 0.717) is 32.2 Å². The summed E-state index contributed by atoms with van der Waals surface area (Å²) in [6, 6.07) is 16.0. The van der Waals surface area contributed by atoms with Gasteiger partial charge in [-0.05, 0) is 36.1 Å². The van der Waals surface area contributed by atoms with Gasteiger partial charge in [-0.3, -0.25) is 9.59 Å². The van der Waals surface area contributed by atoms with Gasteiger partial charge in [0.2, 0.25) is 17.0 Å². The molecule has 140 valence electrons. The van der Waals surface area contributed by atoms with Crippen molar-refractivity contribution < 1.29 is 13.9 Å². The summed E-state index contributed by atoms with van der Waals surface area (Å²) in [5.74, 6) is 0.0952. The van der Waals surface area contributed by atoms with Crippen LogP contribution < -0.4 is 10.2 Å². The van der Waals surface area contributed by atoms with Crippen molar-refractivity contribution in [2.24, 2.45) is 0 Å². The maximum Gasteiger partial charge on any atom is 0.235 e. The normalized spacial score (nSPS) is 10.9. The van der Waals surface area contributed by atoms with E-state index in [1.54, 1.807) is 24.3 Å². The van der Waals surface area contributed by atoms with E-state index in [0.717, 1.165) is 5.56 Å². The van der Waals surface area contributed by atoms with Gasteiger partial charge in [-0.2, -0.15) is 0 Å². The van der Waals surface area contributed by atoms with Crippen LogP contribution in [0.25, 0.3) is 22.3 Å². The Hall–Kier alpha value is -2.89. The Kier molecular flexibility index (Phi) is 5.03. The van der Waals surface area contributed by atoms with Crippen molar-refractivity contribution >= 4 is 39.7 Å². The quantitative estimate of drug-likeness (QED) is 0.393. The molecule has 0 saturated carbocycles. The van der Waals surface area contributed by atoms with Gasteiger partial charge in [-0.1, -0.05) is 48.0 Å². The molecule has 2 aromatic heterocycles. The Morgan fingerprint density at radius 3 is 2.64 bits per heavy atom. The number of halogens is 1. The molecular weight excluding hydrogens is 396 g/mol. The molecule has 0 fully saturated rings. The monoisotopic (exact) mass is 410 g/mol. The van der Waals surface area contributed by atoms with Crippen LogP contribution in [0, 0.1) is 6.92 Å². The largest absolute Gasteiger partial charge is 0.478 e. The molecule has 0 unspecified atom stereocenters. The van der Waals surface area contributed by atoms with Crippen LogP contribution in [0.4, 0.5) is 0 Å². The fourth-order valence-electron chi connectivity index (χ4n) is 2.86. The number of Topliss-reactive ketones (excluding diaryl/α,β-unsaturated/α-hetero) is 1. The van der Waals surface area contributed by atoms with E-state index < -0.39 is 0 Å². The van der Waals surface area contributed by atoms with E-state index in [4.69, 9.17) is 20.8 Å². The predicted molar refractivity (Wildman–Crippen MR) is 112 cm³/mol. The number of carbonyl (C=O) groups is 1. The molecular formula is C22H15ClO4S. The van der Waals surface area contributed by atoms with Crippen molar-refractivity contribution in [3.63, 3.8) is 0 Å². The summed E-state index contributed by atoms with van der Waals surface area (Å²) in [4.78, 5) is 26.0. The van der Waals surface area contributed by atoms with Crippen LogP contribution in [-0.2, 0) is 0 Å². The second-order valence-corrected chi connectivity index (χ2v) is 7.60. The number of benzene rings is 2. The first kappa shape index (κ1) is 18.5. The first-order valence-electron chi connectivity index (χ1n) is 8.56. The Morgan fingerprint density at radius 2 is 1.93 bits per heavy atom. The van der Waals surface area contributed by atoms with Crippen molar-refractivity contribution in [3.05, 3.63) is 85.7 Å². The summed E-state index contributed by atoms with van der Waals surface area (Å²) in [5, 5.41) is 2.60. The zero-order valence-electron chi connectivity index (χ0n) is 14.9. The number of aryl methyl sites for hydroxylation is 1. The number of thiophene rings is 1. The van der Waals surface area contributed by atoms with Crippen molar-refractivity contribution in [2.45, 2.75) is 6.92 Å². The van der Waals surface area contributed by atoms with Crippen molar-refractivity contribution in [2.75, 3.05) is 6.61 Å². The summed E-state index contributed by atoms with van der Waals surface area (Å²) >= 11 is 7.52. The number of ketones is 1. The van der Waals surface area contributed by atoms with E-state index in [-0.39, 0.29) is 23.6 Å². The van der Waals surface area contributed by atoms with E-state index in [9.17, 15) is 9.59 Å². The number of hydrogen-bond acceptors (Lipinski definition) is 5. The standard InChI is InChI=1S/C22H15ClO4S/c1-13-10-18-15(11-16(13)23)20(25)22(21(27-18)14-6-3-2-4-7-14)26-12-17(24)19-8-5-9-28-19/h2-11H,12H2,1H3. The lowest BCUT2D eigenvalue weighted by Gasteiger charge is -2.12. The molecule has 4 rings (SSSR count). The minimum atomic E-state index is -0.360. The van der Waals surface area contributed by atoms with Gasteiger partial charge >= 0.3 is 0 Å². The number of hydrogen-bond donors (Lipinski definition) is 0. The number of carbonyl (C=O) groups excluding carboxylic acids is 1. The van der Waals surface area contributed by atoms with Crippen LogP contribution in [0.15, 0.2) is 69.2 Å². The second-order valence-electron chi connectivity index (χ2n) is 6.24. The molecule has 0 N–H and O–H groups in total. The van der Waals surface area contributed by atoms with Gasteiger partial charge in [0.1, 0.15) is 5.58 Å². The number of fused-ring (bicyclic) bond motifs is 1. The van der Waals surface area contributed by atoms with Crippen LogP contribution in [0.3, 0.4) is 0 Å². The lowest BCUT2D eigenvalue weighted by Crippen LogP contribution is -2.16. The Balaban J connectivity index is 1.84. The van der Waals surface area contributed by atoms with Crippen molar-refractivity contribution in [1.29, 1.82) is 0 Å². The van der Waals surface area contributed by atoms with Gasteiger partial charge in [-0.15, -0.1) is 11.3 Å². The van der Waals surface area contributed by atoms with Crippen LogP contribution in [0.2, 0.25) is 5.02 Å². The molecule has 2 heterocycles. The SMILES string of the molecule is Cc1cc2oc(-c3ccccc3)c(OCC(=O)c3cccs3)c(=O)c2cc1Cl. The maximum absolute atomic E-state index is 13.1. The Bertz CT molecular complexity index is 1210. The zero-order chi connectivity index (χ0) is 19.7. The van der Waals surface area contributed by atoms with Crippen LogP contribution in [0.1, 0.15) is 15.2 Å². The predicted octanol–water partition coefficient (Wildman–Crippen LogP) is 5.75. The van der Waals surface area contributed by atoms with E-state index in [2.05, 4.69) is 0 Å². The minimum absolute atomic E-state index is 0.00326. The topological polar surface area (TPSA) is 56.5 Å². The number of ether oxygens (including phenoxy) is 1. The summed E-state index contributed by atoms with van der Waals surface area (Å²) in [6.45, 7) is 1.59. The lowest BCUT2D eigenvalue weighted by molar-refractivity contribution is 0.0924. The summed E-state index contributed by atoms with van der Waals surface area (Å²) in [6.07, 6.45) is 0. The molecule has 0 saturated heterocycles. The average molecular weight is 411 g/mol. The van der Waals surface area contributed by atoms with Gasteiger partial charge in [0.25, 0.3) is 0 Å². The molecule has 0 aliphatic rings. The van der Waals surface area contributed by atoms with Crippen molar-refractivity contribution in [3.8, 4) is 17.1 Å². The molecule has 0 aliphatic carbocycles. The summed E-state index contributed by atoms with van der Waals surface area (Å²) in [5.41, 5.74) is 1.55. The van der Waals surface area contributed by atoms with Gasteiger partial charge < -0.3 is 9.15 Å². The molecule has 28 heavy (non-hydrogen) atoms. The van der Waals surface area contributed by atoms with Gasteiger partial charge in [0.05, 0.1) is 10.3 Å². The highest BCUT2D eigenvalue weighted by molar-refractivity contribution is 7.12. The molecule has 0 bridgehead atoms. The fraction of sp³-hybridized carbons (Fsp3) is 0.0909. The summed E-state index contributed by atoms with van der Waals surface area (Å²) in [7, 11) is 0. The summed E-state index contributed by atoms with van der Waals surface area (Å²) < 4.78 is 11.7. The van der Waals surface area contributed by atoms with Crippen LogP contribution in [-0.4, -0.2) is 12.4 Å². The molecule has 0 spiro atoms. The molecule has 0 atom stereocenters. The molecule has 2 aromatic carbocycles. The van der Waals surface area contributed by atoms with Crippen LogP contribution in [0.5, 0.6) is 5.75 Å². The first-order valence-corrected chi connectivity index (χ1v) is 9.82. The fourth-order valence-corrected chi connectivity index (χ4v) is 3.67. The van der Waals surface area contributed by atoms with E-state index in [1.807, 2.05) is 42.6 Å².